The quantitative estimate of drug-likeness (QED) is 0.504. The number of rotatable bonds is 1. The third-order valence-electron chi connectivity index (χ3n) is 1.78. The summed E-state index contributed by atoms with van der Waals surface area (Å²) in [6.07, 6.45) is 1.31. The Balaban J connectivity index is 2.24. The van der Waals surface area contributed by atoms with E-state index in [0.29, 0.717) is 5.25 Å². The fraction of sp³-hybridized carbons (Fsp3) is 1.00. The Bertz CT molecular complexity index is 66.9. The van der Waals surface area contributed by atoms with Crippen molar-refractivity contribution in [1.29, 1.82) is 0 Å². The lowest BCUT2D eigenvalue weighted by Gasteiger charge is -2.09. The molecule has 1 fully saturated rings. The predicted molar refractivity (Wildman–Crippen MR) is 39.4 cm³/mol. The highest BCUT2D eigenvalue weighted by atomic mass is 32.1. The van der Waals surface area contributed by atoms with Crippen molar-refractivity contribution in [3.8, 4) is 0 Å². The summed E-state index contributed by atoms with van der Waals surface area (Å²) < 4.78 is 0. The number of nitrogens with one attached hydrogen (secondary N) is 1. The van der Waals surface area contributed by atoms with Gasteiger partial charge in [-0.15, -0.1) is 0 Å². The summed E-state index contributed by atoms with van der Waals surface area (Å²) in [5.74, 6) is 0.818. The lowest BCUT2D eigenvalue weighted by atomic mass is 10.1. The van der Waals surface area contributed by atoms with Gasteiger partial charge in [-0.05, 0) is 25.4 Å². The van der Waals surface area contributed by atoms with E-state index >= 15 is 0 Å². The van der Waals surface area contributed by atoms with E-state index in [9.17, 15) is 0 Å². The smallest absolute Gasteiger partial charge is 0.00293 e. The largest absolute Gasteiger partial charge is 0.316 e. The van der Waals surface area contributed by atoms with Crippen LogP contribution < -0.4 is 5.32 Å². The summed E-state index contributed by atoms with van der Waals surface area (Å²) in [6, 6.07) is 0. The van der Waals surface area contributed by atoms with Crippen molar-refractivity contribution in [2.75, 3.05) is 13.1 Å². The van der Waals surface area contributed by atoms with E-state index < -0.39 is 0 Å². The van der Waals surface area contributed by atoms with E-state index in [0.717, 1.165) is 5.92 Å². The summed E-state index contributed by atoms with van der Waals surface area (Å²) in [5, 5.41) is 3.88. The van der Waals surface area contributed by atoms with Gasteiger partial charge in [0, 0.05) is 5.25 Å². The second kappa shape index (κ2) is 2.74. The molecule has 1 saturated heterocycles. The van der Waals surface area contributed by atoms with Gasteiger partial charge in [0.2, 0.25) is 0 Å². The van der Waals surface area contributed by atoms with Crippen LogP contribution >= 0.6 is 12.6 Å². The van der Waals surface area contributed by atoms with Crippen molar-refractivity contribution in [3.63, 3.8) is 0 Å². The van der Waals surface area contributed by atoms with E-state index in [-0.39, 0.29) is 0 Å². The van der Waals surface area contributed by atoms with Crippen LogP contribution in [0.1, 0.15) is 13.3 Å². The molecule has 1 rings (SSSR count). The molecule has 1 aliphatic heterocycles. The molecule has 0 spiro atoms. The van der Waals surface area contributed by atoms with Gasteiger partial charge in [0.05, 0.1) is 0 Å². The van der Waals surface area contributed by atoms with Crippen LogP contribution in [-0.4, -0.2) is 18.3 Å². The minimum atomic E-state index is 0.574. The van der Waals surface area contributed by atoms with Crippen LogP contribution in [-0.2, 0) is 0 Å². The summed E-state index contributed by atoms with van der Waals surface area (Å²) in [4.78, 5) is 0. The van der Waals surface area contributed by atoms with Crippen LogP contribution in [0.5, 0.6) is 0 Å². The number of hydrogen-bond donors (Lipinski definition) is 2. The minimum Gasteiger partial charge on any atom is -0.316 e. The molecule has 1 heterocycles. The van der Waals surface area contributed by atoms with Gasteiger partial charge in [0.25, 0.3) is 0 Å². The predicted octanol–water partition coefficient (Wildman–Crippen LogP) is 0.914. The molecule has 0 bridgehead atoms. The fourth-order valence-electron chi connectivity index (χ4n) is 1.09. The van der Waals surface area contributed by atoms with Crippen LogP contribution in [0.2, 0.25) is 0 Å². The standard InChI is InChI=1S/C6H13NS/c1-5(8)6-2-3-7-4-6/h5-8H,2-4H2,1H3/t5?,6-/m1/s1. The van der Waals surface area contributed by atoms with Crippen LogP contribution in [0.25, 0.3) is 0 Å². The van der Waals surface area contributed by atoms with Crippen molar-refractivity contribution in [3.05, 3.63) is 0 Å². The second-order valence-electron chi connectivity index (χ2n) is 2.49. The lowest BCUT2D eigenvalue weighted by Crippen LogP contribution is -2.15. The Morgan fingerprint density at radius 3 is 2.75 bits per heavy atom. The van der Waals surface area contributed by atoms with Crippen molar-refractivity contribution in [1.82, 2.24) is 5.32 Å². The van der Waals surface area contributed by atoms with Crippen molar-refractivity contribution >= 4 is 12.6 Å². The molecule has 0 aromatic carbocycles. The number of hydrogen-bond acceptors (Lipinski definition) is 2. The first-order valence-electron chi connectivity index (χ1n) is 3.19. The molecule has 48 valence electrons. The molecule has 2 atom stereocenters. The first-order valence-corrected chi connectivity index (χ1v) is 3.71. The SMILES string of the molecule is CC(S)[C@@H]1CCNC1. The van der Waals surface area contributed by atoms with Crippen molar-refractivity contribution < 1.29 is 0 Å². The molecule has 8 heavy (non-hydrogen) atoms. The highest BCUT2D eigenvalue weighted by Gasteiger charge is 2.17. The monoisotopic (exact) mass is 131 g/mol. The van der Waals surface area contributed by atoms with Crippen LogP contribution in [0.15, 0.2) is 0 Å². The molecule has 1 aliphatic rings. The Morgan fingerprint density at radius 2 is 2.50 bits per heavy atom. The summed E-state index contributed by atoms with van der Waals surface area (Å²) in [6.45, 7) is 4.53. The first-order chi connectivity index (χ1) is 3.80. The third kappa shape index (κ3) is 1.39. The molecule has 0 amide bonds. The van der Waals surface area contributed by atoms with Gasteiger partial charge >= 0.3 is 0 Å². The van der Waals surface area contributed by atoms with Crippen LogP contribution in [0, 0.1) is 5.92 Å². The molecule has 0 saturated carbocycles. The zero-order valence-corrected chi connectivity index (χ0v) is 6.12. The fourth-order valence-corrected chi connectivity index (χ4v) is 1.34. The van der Waals surface area contributed by atoms with Gasteiger partial charge in [-0.2, -0.15) is 12.6 Å². The molecule has 1 nitrogen and oxygen atoms in total. The zero-order chi connectivity index (χ0) is 5.98. The average Bonchev–Trinajstić information content (AvgIpc) is 2.12. The highest BCUT2D eigenvalue weighted by molar-refractivity contribution is 7.80. The van der Waals surface area contributed by atoms with E-state index in [1.165, 1.54) is 19.5 Å². The maximum Gasteiger partial charge on any atom is 0.00293 e. The van der Waals surface area contributed by atoms with Crippen LogP contribution in [0.4, 0.5) is 0 Å². The van der Waals surface area contributed by atoms with E-state index in [1.54, 1.807) is 0 Å². The van der Waals surface area contributed by atoms with E-state index in [2.05, 4.69) is 24.9 Å². The van der Waals surface area contributed by atoms with Gasteiger partial charge in [0.1, 0.15) is 0 Å². The topological polar surface area (TPSA) is 12.0 Å². The number of thiol groups is 1. The van der Waals surface area contributed by atoms with Crippen molar-refractivity contribution in [2.45, 2.75) is 18.6 Å². The van der Waals surface area contributed by atoms with Crippen LogP contribution in [0.3, 0.4) is 0 Å². The Labute approximate surface area is 56.3 Å². The average molecular weight is 131 g/mol. The molecule has 0 aromatic rings. The minimum absolute atomic E-state index is 0.574. The summed E-state index contributed by atoms with van der Waals surface area (Å²) in [5.41, 5.74) is 0. The van der Waals surface area contributed by atoms with Gasteiger partial charge in [-0.1, -0.05) is 6.92 Å². The summed E-state index contributed by atoms with van der Waals surface area (Å²) >= 11 is 4.35. The zero-order valence-electron chi connectivity index (χ0n) is 5.22. The molecule has 0 aromatic heterocycles. The third-order valence-corrected chi connectivity index (χ3v) is 2.20. The normalized spacial score (nSPS) is 33.0. The maximum absolute atomic E-state index is 4.35. The lowest BCUT2D eigenvalue weighted by molar-refractivity contribution is 0.580. The maximum atomic E-state index is 4.35. The van der Waals surface area contributed by atoms with E-state index in [1.807, 2.05) is 0 Å². The molecule has 0 radical (unpaired) electrons. The van der Waals surface area contributed by atoms with Gasteiger partial charge in [0.15, 0.2) is 0 Å². The Kier molecular flexibility index (Phi) is 2.20. The summed E-state index contributed by atoms with van der Waals surface area (Å²) in [7, 11) is 0. The van der Waals surface area contributed by atoms with E-state index in [4.69, 9.17) is 0 Å². The molecule has 1 unspecified atom stereocenters. The highest BCUT2D eigenvalue weighted by Crippen LogP contribution is 2.15. The molecular weight excluding hydrogens is 118 g/mol. The molecule has 0 aliphatic carbocycles. The first kappa shape index (κ1) is 6.43. The Morgan fingerprint density at radius 1 is 1.75 bits per heavy atom. The molecule has 1 N–H and O–H groups in total. The van der Waals surface area contributed by atoms with Gasteiger partial charge in [-0.25, -0.2) is 0 Å². The molecular formula is C6H13NS. The van der Waals surface area contributed by atoms with Gasteiger partial charge < -0.3 is 5.32 Å². The Hall–Kier alpha value is 0.310. The second-order valence-corrected chi connectivity index (χ2v) is 3.31. The molecule has 2 heteroatoms. The van der Waals surface area contributed by atoms with Crippen molar-refractivity contribution in [2.24, 2.45) is 5.92 Å². The van der Waals surface area contributed by atoms with Gasteiger partial charge in [-0.3, -0.25) is 0 Å².